The molecule has 0 bridgehead atoms. The molecular formula is C19H27N3O4S. The molecule has 2 saturated heterocycles. The number of hydrogen-bond acceptors (Lipinski definition) is 7. The average molecular weight is 394 g/mol. The van der Waals surface area contributed by atoms with E-state index in [-0.39, 0.29) is 17.1 Å². The van der Waals surface area contributed by atoms with Gasteiger partial charge in [0.2, 0.25) is 5.91 Å². The van der Waals surface area contributed by atoms with Crippen molar-refractivity contribution in [2.75, 3.05) is 70.7 Å². The van der Waals surface area contributed by atoms with Crippen LogP contribution in [0.1, 0.15) is 0 Å². The maximum absolute atomic E-state index is 12.7. The zero-order valence-electron chi connectivity index (χ0n) is 15.9. The van der Waals surface area contributed by atoms with Crippen LogP contribution in [-0.4, -0.2) is 92.7 Å². The fourth-order valence-electron chi connectivity index (χ4n) is 3.41. The lowest BCUT2D eigenvalue weighted by atomic mass is 10.2. The van der Waals surface area contributed by atoms with Crippen molar-refractivity contribution in [3.05, 3.63) is 24.3 Å². The number of esters is 1. The van der Waals surface area contributed by atoms with Crippen LogP contribution < -0.4 is 9.64 Å². The Morgan fingerprint density at radius 2 is 1.93 bits per heavy atom. The van der Waals surface area contributed by atoms with E-state index in [0.29, 0.717) is 19.6 Å². The number of rotatable bonds is 5. The van der Waals surface area contributed by atoms with Crippen molar-refractivity contribution in [2.45, 2.75) is 5.25 Å². The molecule has 2 aliphatic heterocycles. The van der Waals surface area contributed by atoms with Gasteiger partial charge in [-0.3, -0.25) is 14.5 Å². The molecule has 148 valence electrons. The van der Waals surface area contributed by atoms with Crippen LogP contribution in [0.5, 0.6) is 5.75 Å². The van der Waals surface area contributed by atoms with Crippen LogP contribution in [0.2, 0.25) is 0 Å². The summed E-state index contributed by atoms with van der Waals surface area (Å²) in [4.78, 5) is 30.7. The summed E-state index contributed by atoms with van der Waals surface area (Å²) in [5.74, 6) is 1.48. The van der Waals surface area contributed by atoms with E-state index in [4.69, 9.17) is 9.47 Å². The van der Waals surface area contributed by atoms with Crippen LogP contribution in [0.3, 0.4) is 0 Å². The van der Waals surface area contributed by atoms with Crippen LogP contribution >= 0.6 is 11.8 Å². The molecular weight excluding hydrogens is 366 g/mol. The van der Waals surface area contributed by atoms with Gasteiger partial charge >= 0.3 is 5.97 Å². The first-order valence-corrected chi connectivity index (χ1v) is 10.2. The van der Waals surface area contributed by atoms with Crippen LogP contribution in [0.15, 0.2) is 24.3 Å². The van der Waals surface area contributed by atoms with Gasteiger partial charge in [-0.05, 0) is 12.1 Å². The average Bonchev–Trinajstić information content (AvgIpc) is 2.73. The van der Waals surface area contributed by atoms with Gasteiger partial charge in [0.15, 0.2) is 0 Å². The Balaban J connectivity index is 1.48. The molecule has 0 spiro atoms. The van der Waals surface area contributed by atoms with Crippen molar-refractivity contribution in [1.82, 2.24) is 9.80 Å². The highest BCUT2D eigenvalue weighted by molar-refractivity contribution is 8.00. The first kappa shape index (κ1) is 19.8. The van der Waals surface area contributed by atoms with E-state index in [1.165, 1.54) is 7.11 Å². The molecule has 1 aromatic rings. The fourth-order valence-corrected chi connectivity index (χ4v) is 4.54. The highest BCUT2D eigenvalue weighted by Gasteiger charge is 2.30. The second kappa shape index (κ2) is 9.32. The number of methoxy groups -OCH3 is 2. The van der Waals surface area contributed by atoms with E-state index in [2.05, 4.69) is 15.9 Å². The third-order valence-corrected chi connectivity index (χ3v) is 6.20. The van der Waals surface area contributed by atoms with Crippen molar-refractivity contribution in [1.29, 1.82) is 0 Å². The minimum atomic E-state index is -0.266. The van der Waals surface area contributed by atoms with Gasteiger partial charge in [-0.2, -0.15) is 0 Å². The molecule has 0 aromatic heterocycles. The monoisotopic (exact) mass is 393 g/mol. The Bertz CT molecular complexity index is 664. The van der Waals surface area contributed by atoms with E-state index in [1.54, 1.807) is 23.8 Å². The standard InChI is InChI=1S/C19H27N3O4S/c1-25-16-5-3-4-15(12-16)21-8-6-20(7-9-21)14-18(23)22-10-11-27-17(13-22)19(24)26-2/h3-5,12,17H,6-11,13-14H2,1-2H3/t17-/m0/s1. The van der Waals surface area contributed by atoms with Crippen molar-refractivity contribution in [3.8, 4) is 5.75 Å². The highest BCUT2D eigenvalue weighted by Crippen LogP contribution is 2.23. The fraction of sp³-hybridized carbons (Fsp3) is 0.579. The second-order valence-electron chi connectivity index (χ2n) is 6.69. The number of amides is 1. The molecule has 7 nitrogen and oxygen atoms in total. The van der Waals surface area contributed by atoms with E-state index < -0.39 is 0 Å². The summed E-state index contributed by atoms with van der Waals surface area (Å²) in [5, 5.41) is -0.266. The third-order valence-electron chi connectivity index (χ3n) is 5.03. The number of benzene rings is 1. The topological polar surface area (TPSA) is 62.3 Å². The predicted octanol–water partition coefficient (Wildman–Crippen LogP) is 0.934. The van der Waals surface area contributed by atoms with Gasteiger partial charge in [-0.25, -0.2) is 0 Å². The van der Waals surface area contributed by atoms with Gasteiger partial charge in [-0.1, -0.05) is 6.07 Å². The molecule has 1 atom stereocenters. The number of piperazine rings is 1. The van der Waals surface area contributed by atoms with Crippen molar-refractivity contribution in [2.24, 2.45) is 0 Å². The van der Waals surface area contributed by atoms with E-state index >= 15 is 0 Å². The maximum Gasteiger partial charge on any atom is 0.320 e. The summed E-state index contributed by atoms with van der Waals surface area (Å²) < 4.78 is 10.1. The molecule has 2 heterocycles. The lowest BCUT2D eigenvalue weighted by molar-refractivity contribution is -0.141. The number of thioether (sulfide) groups is 1. The van der Waals surface area contributed by atoms with Crippen LogP contribution in [-0.2, 0) is 14.3 Å². The zero-order valence-corrected chi connectivity index (χ0v) is 16.7. The number of anilines is 1. The molecule has 2 fully saturated rings. The summed E-state index contributed by atoms with van der Waals surface area (Å²) in [7, 11) is 3.07. The minimum absolute atomic E-state index is 0.0963. The summed E-state index contributed by atoms with van der Waals surface area (Å²) >= 11 is 1.57. The molecule has 27 heavy (non-hydrogen) atoms. The number of hydrogen-bond donors (Lipinski definition) is 0. The maximum atomic E-state index is 12.7. The molecule has 0 radical (unpaired) electrons. The summed E-state index contributed by atoms with van der Waals surface area (Å²) in [6, 6.07) is 8.06. The van der Waals surface area contributed by atoms with Gasteiger partial charge in [0.1, 0.15) is 11.0 Å². The Labute approximate surface area is 164 Å². The quantitative estimate of drug-likeness (QED) is 0.690. The van der Waals surface area contributed by atoms with Gasteiger partial charge in [0.05, 0.1) is 20.8 Å². The van der Waals surface area contributed by atoms with Gasteiger partial charge in [0.25, 0.3) is 0 Å². The molecule has 0 saturated carbocycles. The largest absolute Gasteiger partial charge is 0.497 e. The van der Waals surface area contributed by atoms with Crippen LogP contribution in [0.25, 0.3) is 0 Å². The SMILES string of the molecule is COC(=O)[C@@H]1CN(C(=O)CN2CCN(c3cccc(OC)c3)CC2)CCS1. The smallest absolute Gasteiger partial charge is 0.320 e. The summed E-state index contributed by atoms with van der Waals surface area (Å²) in [6.07, 6.45) is 0. The Morgan fingerprint density at radius 3 is 2.63 bits per heavy atom. The first-order valence-electron chi connectivity index (χ1n) is 9.19. The lowest BCUT2D eigenvalue weighted by Crippen LogP contribution is -2.52. The lowest BCUT2D eigenvalue weighted by Gasteiger charge is -2.37. The second-order valence-corrected chi connectivity index (χ2v) is 8.00. The molecule has 1 amide bonds. The Morgan fingerprint density at radius 1 is 1.15 bits per heavy atom. The third kappa shape index (κ3) is 5.07. The normalized spacial score (nSPS) is 21.0. The van der Waals surface area contributed by atoms with Gasteiger partial charge in [-0.15, -0.1) is 11.8 Å². The molecule has 2 aliphatic rings. The minimum Gasteiger partial charge on any atom is -0.497 e. The summed E-state index contributed by atoms with van der Waals surface area (Å²) in [5.41, 5.74) is 1.15. The van der Waals surface area contributed by atoms with E-state index in [0.717, 1.165) is 43.4 Å². The van der Waals surface area contributed by atoms with Crippen molar-refractivity contribution in [3.63, 3.8) is 0 Å². The number of carbonyl (C=O) groups is 2. The molecule has 3 rings (SSSR count). The van der Waals surface area contributed by atoms with E-state index in [1.807, 2.05) is 18.2 Å². The molecule has 8 heteroatoms. The highest BCUT2D eigenvalue weighted by atomic mass is 32.2. The molecule has 0 aliphatic carbocycles. The number of carbonyl (C=O) groups excluding carboxylic acids is 2. The summed E-state index contributed by atoms with van der Waals surface area (Å²) in [6.45, 7) is 4.98. The van der Waals surface area contributed by atoms with E-state index in [9.17, 15) is 9.59 Å². The number of ether oxygens (including phenoxy) is 2. The van der Waals surface area contributed by atoms with Crippen molar-refractivity contribution < 1.29 is 19.1 Å². The Kier molecular flexibility index (Phi) is 6.84. The predicted molar refractivity (Wildman–Crippen MR) is 106 cm³/mol. The van der Waals surface area contributed by atoms with Crippen molar-refractivity contribution >= 4 is 29.3 Å². The number of nitrogens with zero attached hydrogens (tertiary/aromatic N) is 3. The van der Waals surface area contributed by atoms with Gasteiger partial charge in [0, 0.05) is 56.8 Å². The van der Waals surface area contributed by atoms with Gasteiger partial charge < -0.3 is 19.3 Å². The molecule has 0 N–H and O–H groups in total. The van der Waals surface area contributed by atoms with Crippen LogP contribution in [0, 0.1) is 0 Å². The van der Waals surface area contributed by atoms with Crippen LogP contribution in [0.4, 0.5) is 5.69 Å². The Hall–Kier alpha value is -1.93. The zero-order chi connectivity index (χ0) is 19.2. The molecule has 0 unspecified atom stereocenters. The molecule has 1 aromatic carbocycles. The first-order chi connectivity index (χ1) is 13.1.